The van der Waals surface area contributed by atoms with Crippen LogP contribution in [0.25, 0.3) is 11.1 Å². The van der Waals surface area contributed by atoms with Crippen LogP contribution in [0.3, 0.4) is 0 Å². The molecular formula is C70H108O6P2. The lowest BCUT2D eigenvalue weighted by Crippen LogP contribution is -2.51. The first kappa shape index (κ1) is 64.0. The normalized spacial score (nSPS) is 23.6. The molecule has 4 aromatic carbocycles. The molecule has 0 aromatic heterocycles. The summed E-state index contributed by atoms with van der Waals surface area (Å²) in [5.74, 6) is 5.80. The Bertz CT molecular complexity index is 2560. The minimum absolute atomic E-state index is 0.0402. The Morgan fingerprint density at radius 2 is 0.859 bits per heavy atom. The molecule has 2 aliphatic rings. The molecular weight excluding hydrogens is 999 g/mol. The molecule has 0 saturated heterocycles. The number of hydrogen-bond acceptors (Lipinski definition) is 6. The van der Waals surface area contributed by atoms with E-state index in [1.807, 2.05) is 42.7 Å². The summed E-state index contributed by atoms with van der Waals surface area (Å²) in [6.07, 6.45) is 5.95. The predicted octanol–water partition coefficient (Wildman–Crippen LogP) is 17.5. The molecule has 6 rings (SSSR count). The largest absolute Gasteiger partial charge is 0.496 e. The zero-order chi connectivity index (χ0) is 58.4. The van der Waals surface area contributed by atoms with E-state index in [1.54, 1.807) is 0 Å². The van der Waals surface area contributed by atoms with E-state index in [0.29, 0.717) is 35.0 Å². The van der Waals surface area contributed by atoms with Gasteiger partial charge in [0.25, 0.3) is 0 Å². The maximum absolute atomic E-state index is 6.83. The van der Waals surface area contributed by atoms with Crippen LogP contribution < -0.4 is 40.2 Å². The number of ether oxygens (including phenoxy) is 6. The molecule has 0 N–H and O–H groups in total. The molecule has 434 valence electrons. The van der Waals surface area contributed by atoms with Crippen LogP contribution in [0, 0.1) is 39.9 Å². The standard InChI is InChI=1S/C70H108O6P2/c1-27-44-34-45(37-51(62(44)73-23)66(6,7)8)77(47-38-52(67(9,10)11)64(75-25)53(39-47)68(12,13)14)58-32-28-30-56(71-21)60(58)61-57(72-22)31-29-33-59(61)78(46-35-49(42(2)3)63(74-24)50(36-46)43(4)5)48-40-54(69(15,16)17)65(76-26)55(41-48)70(18,19)20/h28-33,35-36,40-45,47,51-53,62,64H,27,34,37-39H2,1-26H3. The van der Waals surface area contributed by atoms with Crippen LogP contribution >= 0.6 is 15.8 Å². The van der Waals surface area contributed by atoms with Crippen molar-refractivity contribution in [2.45, 2.75) is 217 Å². The molecule has 0 bridgehead atoms. The summed E-state index contributed by atoms with van der Waals surface area (Å²) in [6, 6.07) is 23.9. The van der Waals surface area contributed by atoms with E-state index in [1.165, 1.54) is 49.0 Å². The van der Waals surface area contributed by atoms with E-state index in [0.717, 1.165) is 60.7 Å². The molecule has 0 aliphatic heterocycles. The SMILES string of the molecule is CCC1CC(P(c2cccc(OC)c2-c2c(OC)cccc2P(c2cc(C(C)C)c(OC)c(C(C)C)c2)c2cc(C(C)(C)C)c(OC)c(C(C)(C)C)c2)C2CC(C(C)(C)C)C(OC)C(C(C)(C)C)C2)CC(C(C)(C)C)C1OC. The zero-order valence-corrected chi connectivity index (χ0v) is 55.7. The third-order valence-electron chi connectivity index (χ3n) is 18.2. The highest BCUT2D eigenvalue weighted by molar-refractivity contribution is 7.80. The van der Waals surface area contributed by atoms with Crippen molar-refractivity contribution in [1.82, 2.24) is 0 Å². The average molecular weight is 1110 g/mol. The maximum Gasteiger partial charge on any atom is 0.127 e. The Morgan fingerprint density at radius 1 is 0.474 bits per heavy atom. The van der Waals surface area contributed by atoms with Crippen molar-refractivity contribution in [3.05, 3.63) is 82.9 Å². The highest BCUT2D eigenvalue weighted by Crippen LogP contribution is 2.64. The lowest BCUT2D eigenvalue weighted by Gasteiger charge is -2.55. The van der Waals surface area contributed by atoms with Gasteiger partial charge in [-0.25, -0.2) is 0 Å². The Labute approximate surface area is 479 Å². The fourth-order valence-corrected chi connectivity index (χ4v) is 20.6. The van der Waals surface area contributed by atoms with E-state index in [2.05, 4.69) is 199 Å². The molecule has 2 fully saturated rings. The highest BCUT2D eigenvalue weighted by atomic mass is 31.1. The molecule has 8 atom stereocenters. The molecule has 0 spiro atoms. The maximum atomic E-state index is 6.83. The lowest BCUT2D eigenvalue weighted by atomic mass is 9.61. The van der Waals surface area contributed by atoms with Gasteiger partial charge in [0.05, 0.1) is 40.6 Å². The molecule has 8 unspecified atom stereocenters. The molecule has 0 radical (unpaired) electrons. The Kier molecular flexibility index (Phi) is 20.3. The predicted molar refractivity (Wildman–Crippen MR) is 339 cm³/mol. The van der Waals surface area contributed by atoms with E-state index in [9.17, 15) is 0 Å². The summed E-state index contributed by atoms with van der Waals surface area (Å²) < 4.78 is 39.9. The molecule has 4 aromatic rings. The molecule has 78 heavy (non-hydrogen) atoms. The van der Waals surface area contributed by atoms with Gasteiger partial charge in [-0.3, -0.25) is 0 Å². The van der Waals surface area contributed by atoms with Gasteiger partial charge in [0.1, 0.15) is 23.0 Å². The lowest BCUT2D eigenvalue weighted by molar-refractivity contribution is -0.0882. The van der Waals surface area contributed by atoms with Crippen LogP contribution in [-0.2, 0) is 20.3 Å². The van der Waals surface area contributed by atoms with Crippen molar-refractivity contribution in [1.29, 1.82) is 0 Å². The van der Waals surface area contributed by atoms with E-state index >= 15 is 0 Å². The highest BCUT2D eigenvalue weighted by Gasteiger charge is 2.53. The molecule has 8 heteroatoms. The van der Waals surface area contributed by atoms with Gasteiger partial charge in [0, 0.05) is 36.5 Å². The van der Waals surface area contributed by atoms with Crippen LogP contribution in [0.4, 0.5) is 0 Å². The quantitative estimate of drug-likeness (QED) is 0.104. The van der Waals surface area contributed by atoms with Gasteiger partial charge >= 0.3 is 0 Å². The minimum atomic E-state index is -1.30. The van der Waals surface area contributed by atoms with Gasteiger partial charge in [-0.15, -0.1) is 0 Å². The smallest absolute Gasteiger partial charge is 0.127 e. The third-order valence-corrected chi connectivity index (χ3v) is 24.0. The average Bonchev–Trinajstić information content (AvgIpc) is 3.40. The molecule has 2 saturated carbocycles. The summed E-state index contributed by atoms with van der Waals surface area (Å²) in [6.45, 7) is 47.7. The van der Waals surface area contributed by atoms with Crippen molar-refractivity contribution in [3.8, 4) is 34.1 Å². The van der Waals surface area contributed by atoms with Crippen molar-refractivity contribution in [2.75, 3.05) is 42.7 Å². The summed E-state index contributed by atoms with van der Waals surface area (Å²) in [4.78, 5) is 0. The second kappa shape index (κ2) is 24.8. The van der Waals surface area contributed by atoms with Crippen LogP contribution in [-0.4, -0.2) is 66.2 Å². The summed E-state index contributed by atoms with van der Waals surface area (Å²) in [5.41, 5.74) is 7.83. The van der Waals surface area contributed by atoms with Crippen LogP contribution in [0.15, 0.2) is 60.7 Å². The Hall–Kier alpha value is -3.14. The van der Waals surface area contributed by atoms with Crippen molar-refractivity contribution >= 4 is 37.1 Å². The van der Waals surface area contributed by atoms with E-state index < -0.39 is 15.8 Å². The molecule has 0 heterocycles. The van der Waals surface area contributed by atoms with Gasteiger partial charge < -0.3 is 28.4 Å². The van der Waals surface area contributed by atoms with Crippen LogP contribution in [0.5, 0.6) is 23.0 Å². The topological polar surface area (TPSA) is 55.4 Å². The molecule has 0 amide bonds. The van der Waals surface area contributed by atoms with Crippen LogP contribution in [0.1, 0.15) is 205 Å². The van der Waals surface area contributed by atoms with Gasteiger partial charge in [-0.2, -0.15) is 0 Å². The fraction of sp³-hybridized carbons (Fsp3) is 0.657. The van der Waals surface area contributed by atoms with Gasteiger partial charge in [-0.05, 0) is 176 Å². The minimum Gasteiger partial charge on any atom is -0.496 e. The number of benzene rings is 4. The zero-order valence-electron chi connectivity index (χ0n) is 53.9. The first-order chi connectivity index (χ1) is 36.2. The van der Waals surface area contributed by atoms with Crippen molar-refractivity contribution < 1.29 is 28.4 Å². The monoisotopic (exact) mass is 1110 g/mol. The Morgan fingerprint density at radius 3 is 1.22 bits per heavy atom. The molecule has 2 aliphatic carbocycles. The fourth-order valence-electron chi connectivity index (χ4n) is 14.0. The van der Waals surface area contributed by atoms with Gasteiger partial charge in [-0.1, -0.05) is 177 Å². The third kappa shape index (κ3) is 13.2. The first-order valence-electron chi connectivity index (χ1n) is 29.7. The number of hydrogen-bond donors (Lipinski definition) is 0. The van der Waals surface area contributed by atoms with Gasteiger partial charge in [0.15, 0.2) is 0 Å². The van der Waals surface area contributed by atoms with E-state index in [-0.39, 0.29) is 51.1 Å². The Balaban J connectivity index is 1.85. The summed E-state index contributed by atoms with van der Waals surface area (Å²) >= 11 is 0. The van der Waals surface area contributed by atoms with E-state index in [4.69, 9.17) is 28.4 Å². The second-order valence-corrected chi connectivity index (χ2v) is 34.2. The molecule has 6 nitrogen and oxygen atoms in total. The summed E-state index contributed by atoms with van der Waals surface area (Å²) in [5, 5.41) is 5.29. The first-order valence-corrected chi connectivity index (χ1v) is 32.5. The van der Waals surface area contributed by atoms with Crippen molar-refractivity contribution in [2.24, 2.45) is 39.9 Å². The van der Waals surface area contributed by atoms with Crippen molar-refractivity contribution in [3.63, 3.8) is 0 Å². The summed E-state index contributed by atoms with van der Waals surface area (Å²) in [7, 11) is 9.22. The number of rotatable bonds is 16. The van der Waals surface area contributed by atoms with Gasteiger partial charge in [0.2, 0.25) is 0 Å². The van der Waals surface area contributed by atoms with Crippen LogP contribution in [0.2, 0.25) is 0 Å². The number of methoxy groups -OCH3 is 6. The second-order valence-electron chi connectivity index (χ2n) is 29.2.